The minimum atomic E-state index is -0.179. The second kappa shape index (κ2) is 6.02. The Morgan fingerprint density at radius 1 is 1.10 bits per heavy atom. The van der Waals surface area contributed by atoms with Crippen molar-refractivity contribution in [2.45, 2.75) is 13.5 Å². The molecule has 0 saturated heterocycles. The van der Waals surface area contributed by atoms with Crippen LogP contribution in [-0.4, -0.2) is 11.5 Å². The molecule has 2 nitrogen and oxygen atoms in total. The van der Waals surface area contributed by atoms with Crippen molar-refractivity contribution in [1.82, 2.24) is 10.3 Å². The Bertz CT molecular complexity index is 763. The number of halogens is 1. The topological polar surface area (TPSA) is 24.9 Å². The maximum absolute atomic E-state index is 14.2. The lowest BCUT2D eigenvalue weighted by Gasteiger charge is -2.09. The van der Waals surface area contributed by atoms with Crippen LogP contribution in [0.5, 0.6) is 0 Å². The fourth-order valence-corrected chi connectivity index (χ4v) is 2.46. The highest BCUT2D eigenvalue weighted by Gasteiger charge is 2.08. The van der Waals surface area contributed by atoms with Gasteiger partial charge in [-0.05, 0) is 23.6 Å². The van der Waals surface area contributed by atoms with Gasteiger partial charge in [0.25, 0.3) is 0 Å². The van der Waals surface area contributed by atoms with E-state index >= 15 is 0 Å². The summed E-state index contributed by atoms with van der Waals surface area (Å²) in [6, 6.07) is 13.4. The molecule has 1 aromatic heterocycles. The molecule has 0 unspecified atom stereocenters. The van der Waals surface area contributed by atoms with Gasteiger partial charge in [-0.3, -0.25) is 4.98 Å². The summed E-state index contributed by atoms with van der Waals surface area (Å²) in [7, 11) is 0. The summed E-state index contributed by atoms with van der Waals surface area (Å²) >= 11 is 0. The van der Waals surface area contributed by atoms with Crippen LogP contribution in [0.3, 0.4) is 0 Å². The van der Waals surface area contributed by atoms with Crippen LogP contribution >= 0.6 is 0 Å². The predicted molar refractivity (Wildman–Crippen MR) is 84.5 cm³/mol. The van der Waals surface area contributed by atoms with E-state index in [0.29, 0.717) is 12.1 Å². The SMILES string of the molecule is CCNCc1ccc(-c2cncc3ccccc23)cc1F. The van der Waals surface area contributed by atoms with Crippen LogP contribution in [0.25, 0.3) is 21.9 Å². The van der Waals surface area contributed by atoms with Crippen LogP contribution in [0.2, 0.25) is 0 Å². The van der Waals surface area contributed by atoms with Crippen LogP contribution in [0.1, 0.15) is 12.5 Å². The van der Waals surface area contributed by atoms with Crippen molar-refractivity contribution in [3.8, 4) is 11.1 Å². The van der Waals surface area contributed by atoms with Crippen molar-refractivity contribution in [1.29, 1.82) is 0 Å². The number of aromatic nitrogens is 1. The van der Waals surface area contributed by atoms with Crippen molar-refractivity contribution in [2.75, 3.05) is 6.54 Å². The minimum absolute atomic E-state index is 0.179. The molecule has 0 bridgehead atoms. The smallest absolute Gasteiger partial charge is 0.128 e. The zero-order chi connectivity index (χ0) is 14.7. The molecule has 1 N–H and O–H groups in total. The number of rotatable bonds is 4. The van der Waals surface area contributed by atoms with E-state index in [-0.39, 0.29) is 5.82 Å². The monoisotopic (exact) mass is 280 g/mol. The third kappa shape index (κ3) is 2.78. The van der Waals surface area contributed by atoms with Crippen LogP contribution in [-0.2, 0) is 6.54 Å². The Morgan fingerprint density at radius 2 is 1.95 bits per heavy atom. The van der Waals surface area contributed by atoms with Crippen LogP contribution < -0.4 is 5.32 Å². The van der Waals surface area contributed by atoms with Gasteiger partial charge in [0.05, 0.1) is 0 Å². The molecule has 0 saturated carbocycles. The van der Waals surface area contributed by atoms with E-state index in [0.717, 1.165) is 28.4 Å². The summed E-state index contributed by atoms with van der Waals surface area (Å²) in [5, 5.41) is 5.29. The van der Waals surface area contributed by atoms with Crippen molar-refractivity contribution >= 4 is 10.8 Å². The van der Waals surface area contributed by atoms with Gasteiger partial charge in [0.15, 0.2) is 0 Å². The Hall–Kier alpha value is -2.26. The molecule has 3 aromatic rings. The van der Waals surface area contributed by atoms with Crippen molar-refractivity contribution in [3.63, 3.8) is 0 Å². The number of nitrogens with zero attached hydrogens (tertiary/aromatic N) is 1. The number of benzene rings is 2. The molecule has 21 heavy (non-hydrogen) atoms. The standard InChI is InChI=1S/C18H17FN2/c1-2-20-11-15-8-7-13(9-18(15)19)17-12-21-10-14-5-3-4-6-16(14)17/h3-10,12,20H,2,11H2,1H3. The largest absolute Gasteiger partial charge is 0.313 e. The third-order valence-corrected chi connectivity index (χ3v) is 3.60. The lowest BCUT2D eigenvalue weighted by atomic mass is 9.99. The van der Waals surface area contributed by atoms with Gasteiger partial charge in [0.1, 0.15) is 5.82 Å². The van der Waals surface area contributed by atoms with Gasteiger partial charge < -0.3 is 5.32 Å². The molecule has 1 heterocycles. The molecule has 0 aliphatic heterocycles. The first-order valence-electron chi connectivity index (χ1n) is 7.12. The van der Waals surface area contributed by atoms with E-state index < -0.39 is 0 Å². The van der Waals surface area contributed by atoms with Gasteiger partial charge in [-0.25, -0.2) is 4.39 Å². The maximum Gasteiger partial charge on any atom is 0.128 e. The lowest BCUT2D eigenvalue weighted by molar-refractivity contribution is 0.594. The van der Waals surface area contributed by atoms with Gasteiger partial charge in [0, 0.05) is 35.5 Å². The van der Waals surface area contributed by atoms with Crippen LogP contribution in [0.4, 0.5) is 4.39 Å². The quantitative estimate of drug-likeness (QED) is 0.776. The van der Waals surface area contributed by atoms with Gasteiger partial charge in [-0.2, -0.15) is 0 Å². The number of hydrogen-bond donors (Lipinski definition) is 1. The first kappa shape index (κ1) is 13.7. The van der Waals surface area contributed by atoms with Gasteiger partial charge in [-0.15, -0.1) is 0 Å². The summed E-state index contributed by atoms with van der Waals surface area (Å²) in [5.41, 5.74) is 2.51. The molecule has 0 amide bonds. The van der Waals surface area contributed by atoms with Crippen molar-refractivity contribution in [3.05, 3.63) is 66.2 Å². The number of hydrogen-bond acceptors (Lipinski definition) is 2. The first-order chi connectivity index (χ1) is 10.3. The summed E-state index contributed by atoms with van der Waals surface area (Å²) in [4.78, 5) is 4.26. The highest BCUT2D eigenvalue weighted by Crippen LogP contribution is 2.28. The Kier molecular flexibility index (Phi) is 3.93. The molecule has 0 aliphatic carbocycles. The number of fused-ring (bicyclic) bond motifs is 1. The Morgan fingerprint density at radius 3 is 2.76 bits per heavy atom. The molecule has 3 rings (SSSR count). The molecule has 3 heteroatoms. The fourth-order valence-electron chi connectivity index (χ4n) is 2.46. The first-order valence-corrected chi connectivity index (χ1v) is 7.12. The Labute approximate surface area is 123 Å². The molecule has 106 valence electrons. The zero-order valence-corrected chi connectivity index (χ0v) is 11.9. The summed E-state index contributed by atoms with van der Waals surface area (Å²) in [6.45, 7) is 3.39. The highest BCUT2D eigenvalue weighted by atomic mass is 19.1. The summed E-state index contributed by atoms with van der Waals surface area (Å²) in [5.74, 6) is -0.179. The average Bonchev–Trinajstić information content (AvgIpc) is 2.53. The van der Waals surface area contributed by atoms with Gasteiger partial charge >= 0.3 is 0 Å². The molecular weight excluding hydrogens is 263 g/mol. The van der Waals surface area contributed by atoms with Crippen LogP contribution in [0.15, 0.2) is 54.9 Å². The molecule has 2 aromatic carbocycles. The maximum atomic E-state index is 14.2. The van der Waals surface area contributed by atoms with E-state index in [1.807, 2.05) is 49.5 Å². The molecule has 0 fully saturated rings. The minimum Gasteiger partial charge on any atom is -0.313 e. The second-order valence-corrected chi connectivity index (χ2v) is 4.99. The average molecular weight is 280 g/mol. The molecule has 0 radical (unpaired) electrons. The normalized spacial score (nSPS) is 11.0. The number of nitrogens with one attached hydrogen (secondary N) is 1. The third-order valence-electron chi connectivity index (χ3n) is 3.60. The molecule has 0 atom stereocenters. The van der Waals surface area contributed by atoms with Gasteiger partial charge in [0.2, 0.25) is 0 Å². The van der Waals surface area contributed by atoms with Crippen molar-refractivity contribution in [2.24, 2.45) is 0 Å². The lowest BCUT2D eigenvalue weighted by Crippen LogP contribution is -2.12. The predicted octanol–water partition coefficient (Wildman–Crippen LogP) is 4.15. The molecular formula is C18H17FN2. The summed E-state index contributed by atoms with van der Waals surface area (Å²) < 4.78 is 14.2. The Balaban J connectivity index is 2.05. The fraction of sp³-hybridized carbons (Fsp3) is 0.167. The second-order valence-electron chi connectivity index (χ2n) is 4.99. The van der Waals surface area contributed by atoms with E-state index in [4.69, 9.17) is 0 Å². The van der Waals surface area contributed by atoms with Gasteiger partial charge in [-0.1, -0.05) is 43.3 Å². The highest BCUT2D eigenvalue weighted by molar-refractivity contribution is 5.95. The zero-order valence-electron chi connectivity index (χ0n) is 11.9. The molecule has 0 spiro atoms. The number of pyridine rings is 1. The van der Waals surface area contributed by atoms with Crippen LogP contribution in [0, 0.1) is 5.82 Å². The van der Waals surface area contributed by atoms with E-state index in [1.165, 1.54) is 0 Å². The van der Waals surface area contributed by atoms with E-state index in [9.17, 15) is 4.39 Å². The van der Waals surface area contributed by atoms with Crippen molar-refractivity contribution < 1.29 is 4.39 Å². The summed E-state index contributed by atoms with van der Waals surface area (Å²) in [6.07, 6.45) is 3.62. The van der Waals surface area contributed by atoms with E-state index in [1.54, 1.807) is 12.3 Å². The van der Waals surface area contributed by atoms with E-state index in [2.05, 4.69) is 10.3 Å². The molecule has 0 aliphatic rings.